The van der Waals surface area contributed by atoms with E-state index in [2.05, 4.69) is 5.32 Å². The first-order chi connectivity index (χ1) is 10.3. The molecule has 0 atom stereocenters. The lowest BCUT2D eigenvalue weighted by atomic mass is 10.1. The summed E-state index contributed by atoms with van der Waals surface area (Å²) in [7, 11) is 0. The van der Waals surface area contributed by atoms with E-state index >= 15 is 0 Å². The molecule has 1 aliphatic carbocycles. The Morgan fingerprint density at radius 3 is 2.41 bits per heavy atom. The average Bonchev–Trinajstić information content (AvgIpc) is 3.26. The van der Waals surface area contributed by atoms with Gasteiger partial charge in [0.05, 0.1) is 5.56 Å². The fraction of sp³-hybridized carbons (Fsp3) is 0.333. The first-order valence-corrected chi connectivity index (χ1v) is 6.66. The molecular formula is C15H14F3NO3. The van der Waals surface area contributed by atoms with Gasteiger partial charge in [0.1, 0.15) is 0 Å². The second kappa shape index (κ2) is 6.64. The zero-order valence-corrected chi connectivity index (χ0v) is 11.5. The van der Waals surface area contributed by atoms with Crippen LogP contribution in [0.2, 0.25) is 0 Å². The van der Waals surface area contributed by atoms with Crippen molar-refractivity contribution in [1.82, 2.24) is 5.32 Å². The molecule has 7 heteroatoms. The van der Waals surface area contributed by atoms with Crippen LogP contribution in [0, 0.1) is 0 Å². The Balaban J connectivity index is 1.80. The Labute approximate surface area is 125 Å². The van der Waals surface area contributed by atoms with Crippen molar-refractivity contribution in [3.63, 3.8) is 0 Å². The minimum atomic E-state index is -4.39. The van der Waals surface area contributed by atoms with Crippen molar-refractivity contribution in [3.05, 3.63) is 41.5 Å². The summed E-state index contributed by atoms with van der Waals surface area (Å²) in [5.41, 5.74) is -0.337. The number of benzene rings is 1. The van der Waals surface area contributed by atoms with E-state index in [9.17, 15) is 22.8 Å². The average molecular weight is 313 g/mol. The molecule has 0 aliphatic heterocycles. The lowest BCUT2D eigenvalue weighted by molar-refractivity contribution is -0.143. The summed E-state index contributed by atoms with van der Waals surface area (Å²) in [6.07, 6.45) is -0.134. The lowest BCUT2D eigenvalue weighted by Crippen LogP contribution is -2.30. The van der Waals surface area contributed by atoms with Crippen LogP contribution in [0.4, 0.5) is 13.2 Å². The number of alkyl halides is 3. The van der Waals surface area contributed by atoms with E-state index in [-0.39, 0.29) is 18.6 Å². The molecule has 22 heavy (non-hydrogen) atoms. The molecular weight excluding hydrogens is 299 g/mol. The molecule has 0 unspecified atom stereocenters. The van der Waals surface area contributed by atoms with Crippen molar-refractivity contribution >= 4 is 18.0 Å². The SMILES string of the molecule is O=C(COC(=O)C=Cc1ccc(C(F)(F)F)cc1)NC1CC1. The summed E-state index contributed by atoms with van der Waals surface area (Å²) >= 11 is 0. The third-order valence-corrected chi connectivity index (χ3v) is 2.94. The minimum absolute atomic E-state index is 0.189. The van der Waals surface area contributed by atoms with E-state index in [0.717, 1.165) is 31.1 Å². The van der Waals surface area contributed by atoms with Crippen LogP contribution >= 0.6 is 0 Å². The number of esters is 1. The van der Waals surface area contributed by atoms with Crippen molar-refractivity contribution < 1.29 is 27.5 Å². The second-order valence-electron chi connectivity index (χ2n) is 4.90. The number of carbonyl (C=O) groups is 2. The van der Waals surface area contributed by atoms with Crippen molar-refractivity contribution in [2.75, 3.05) is 6.61 Å². The molecule has 2 rings (SSSR count). The molecule has 1 aliphatic rings. The van der Waals surface area contributed by atoms with Gasteiger partial charge in [0.25, 0.3) is 5.91 Å². The number of hydrogen-bond acceptors (Lipinski definition) is 3. The molecule has 0 saturated heterocycles. The maximum absolute atomic E-state index is 12.4. The van der Waals surface area contributed by atoms with E-state index < -0.39 is 17.7 Å². The third kappa shape index (κ3) is 5.23. The maximum atomic E-state index is 12.4. The van der Waals surface area contributed by atoms with Gasteiger partial charge >= 0.3 is 12.1 Å². The Hall–Kier alpha value is -2.31. The zero-order chi connectivity index (χ0) is 16.2. The van der Waals surface area contributed by atoms with Crippen LogP contribution in [0.15, 0.2) is 30.3 Å². The van der Waals surface area contributed by atoms with Crippen LogP contribution in [0.1, 0.15) is 24.0 Å². The Morgan fingerprint density at radius 1 is 1.23 bits per heavy atom. The molecule has 1 N–H and O–H groups in total. The van der Waals surface area contributed by atoms with Gasteiger partial charge in [-0.2, -0.15) is 13.2 Å². The van der Waals surface area contributed by atoms with Crippen molar-refractivity contribution in [1.29, 1.82) is 0 Å². The van der Waals surface area contributed by atoms with Crippen LogP contribution < -0.4 is 5.32 Å². The maximum Gasteiger partial charge on any atom is 0.416 e. The number of amides is 1. The quantitative estimate of drug-likeness (QED) is 0.671. The molecule has 118 valence electrons. The standard InChI is InChI=1S/C15H14F3NO3/c16-15(17,18)11-4-1-10(2-5-11)3-8-14(21)22-9-13(20)19-12-6-7-12/h1-5,8,12H,6-7,9H2,(H,19,20). The van der Waals surface area contributed by atoms with Gasteiger partial charge in [-0.05, 0) is 36.6 Å². The summed E-state index contributed by atoms with van der Waals surface area (Å²) in [4.78, 5) is 22.7. The topological polar surface area (TPSA) is 55.4 Å². The predicted molar refractivity (Wildman–Crippen MR) is 72.6 cm³/mol. The monoisotopic (exact) mass is 313 g/mol. The van der Waals surface area contributed by atoms with Crippen molar-refractivity contribution in [3.8, 4) is 0 Å². The largest absolute Gasteiger partial charge is 0.452 e. The fourth-order valence-corrected chi connectivity index (χ4v) is 1.63. The van der Waals surface area contributed by atoms with E-state index in [1.165, 1.54) is 18.2 Å². The van der Waals surface area contributed by atoms with Gasteiger partial charge in [-0.25, -0.2) is 4.79 Å². The molecule has 0 heterocycles. The highest BCUT2D eigenvalue weighted by Gasteiger charge is 2.29. The summed E-state index contributed by atoms with van der Waals surface area (Å²) < 4.78 is 41.8. The summed E-state index contributed by atoms with van der Waals surface area (Å²) in [6.45, 7) is -0.368. The highest BCUT2D eigenvalue weighted by molar-refractivity contribution is 5.89. The molecule has 1 amide bonds. The third-order valence-electron chi connectivity index (χ3n) is 2.94. The van der Waals surface area contributed by atoms with Gasteiger partial charge in [0.2, 0.25) is 0 Å². The lowest BCUT2D eigenvalue weighted by Gasteiger charge is -2.06. The predicted octanol–water partition coefficient (Wildman–Crippen LogP) is 2.54. The van der Waals surface area contributed by atoms with Crippen LogP contribution in [0.3, 0.4) is 0 Å². The number of hydrogen-bond donors (Lipinski definition) is 1. The molecule has 4 nitrogen and oxygen atoms in total. The first kappa shape index (κ1) is 16.1. The van der Waals surface area contributed by atoms with Crippen LogP contribution in [0.5, 0.6) is 0 Å². The number of carbonyl (C=O) groups excluding carboxylic acids is 2. The number of ether oxygens (including phenoxy) is 1. The van der Waals surface area contributed by atoms with Gasteiger partial charge in [-0.15, -0.1) is 0 Å². The molecule has 1 aromatic rings. The van der Waals surface area contributed by atoms with Gasteiger partial charge in [-0.3, -0.25) is 4.79 Å². The highest BCUT2D eigenvalue weighted by atomic mass is 19.4. The Bertz CT molecular complexity index is 575. The minimum Gasteiger partial charge on any atom is -0.452 e. The van der Waals surface area contributed by atoms with E-state index in [0.29, 0.717) is 5.56 Å². The second-order valence-corrected chi connectivity index (χ2v) is 4.90. The number of nitrogens with one attached hydrogen (secondary N) is 1. The molecule has 1 saturated carbocycles. The van der Waals surface area contributed by atoms with E-state index in [4.69, 9.17) is 4.74 Å². The smallest absolute Gasteiger partial charge is 0.416 e. The fourth-order valence-electron chi connectivity index (χ4n) is 1.63. The number of rotatable bonds is 5. The Kier molecular flexibility index (Phi) is 4.85. The number of halogens is 3. The molecule has 0 spiro atoms. The van der Waals surface area contributed by atoms with Gasteiger partial charge in [0, 0.05) is 12.1 Å². The van der Waals surface area contributed by atoms with Gasteiger partial charge < -0.3 is 10.1 Å². The summed E-state index contributed by atoms with van der Waals surface area (Å²) in [6, 6.07) is 4.52. The zero-order valence-electron chi connectivity index (χ0n) is 11.5. The normalized spacial score (nSPS) is 14.9. The summed E-state index contributed by atoms with van der Waals surface area (Å²) in [5, 5.41) is 2.66. The van der Waals surface area contributed by atoms with Crippen LogP contribution in [-0.4, -0.2) is 24.5 Å². The van der Waals surface area contributed by atoms with Crippen LogP contribution in [0.25, 0.3) is 6.08 Å². The molecule has 0 aromatic heterocycles. The van der Waals surface area contributed by atoms with E-state index in [1.54, 1.807) is 0 Å². The Morgan fingerprint density at radius 2 is 1.86 bits per heavy atom. The van der Waals surface area contributed by atoms with Crippen LogP contribution in [-0.2, 0) is 20.5 Å². The van der Waals surface area contributed by atoms with Crippen molar-refractivity contribution in [2.24, 2.45) is 0 Å². The highest BCUT2D eigenvalue weighted by Crippen LogP contribution is 2.29. The van der Waals surface area contributed by atoms with Crippen molar-refractivity contribution in [2.45, 2.75) is 25.1 Å². The molecule has 0 radical (unpaired) electrons. The van der Waals surface area contributed by atoms with Gasteiger partial charge in [-0.1, -0.05) is 12.1 Å². The van der Waals surface area contributed by atoms with Gasteiger partial charge in [0.15, 0.2) is 6.61 Å². The molecule has 1 aromatic carbocycles. The molecule has 1 fully saturated rings. The summed E-state index contributed by atoms with van der Waals surface area (Å²) in [5.74, 6) is -1.09. The van der Waals surface area contributed by atoms with E-state index in [1.807, 2.05) is 0 Å². The first-order valence-electron chi connectivity index (χ1n) is 6.66. The molecule has 0 bridgehead atoms.